The van der Waals surface area contributed by atoms with E-state index in [1.807, 2.05) is 0 Å². The van der Waals surface area contributed by atoms with Crippen LogP contribution < -0.4 is 0 Å². The zero-order chi connectivity index (χ0) is 6.69. The first-order chi connectivity index (χ1) is 4.34. The maximum Gasteiger partial charge on any atom is 0.209 e. The van der Waals surface area contributed by atoms with Crippen molar-refractivity contribution in [3.05, 3.63) is 5.82 Å². The van der Waals surface area contributed by atoms with Crippen molar-refractivity contribution in [2.45, 2.75) is 12.8 Å². The van der Waals surface area contributed by atoms with Crippen LogP contribution >= 0.6 is 0 Å². The van der Waals surface area contributed by atoms with Crippen LogP contribution in [-0.2, 0) is 4.79 Å². The number of hydrogen-bond acceptors (Lipinski definition) is 4. The Morgan fingerprint density at radius 2 is 2.56 bits per heavy atom. The maximum atomic E-state index is 9.96. The highest BCUT2D eigenvalue weighted by atomic mass is 16.1. The van der Waals surface area contributed by atoms with Gasteiger partial charge in [-0.15, -0.1) is 5.10 Å². The molecule has 0 saturated carbocycles. The number of nitrogens with one attached hydrogen (secondary N) is 1. The normalized spacial score (nSPS) is 13.0. The quantitative estimate of drug-likeness (QED) is 0.573. The zero-order valence-electron chi connectivity index (χ0n) is 4.83. The minimum absolute atomic E-state index is 0.361. The number of aromatic amines is 1. The summed E-state index contributed by atoms with van der Waals surface area (Å²) in [7, 11) is 0. The van der Waals surface area contributed by atoms with Crippen LogP contribution in [0.1, 0.15) is 18.7 Å². The molecule has 0 saturated heterocycles. The van der Waals surface area contributed by atoms with Crippen molar-refractivity contribution in [1.29, 1.82) is 0 Å². The lowest BCUT2D eigenvalue weighted by Crippen LogP contribution is -1.96. The second kappa shape index (κ2) is 2.34. The van der Waals surface area contributed by atoms with Gasteiger partial charge < -0.3 is 0 Å². The Hall–Kier alpha value is -1.26. The summed E-state index contributed by atoms with van der Waals surface area (Å²) < 4.78 is 0. The smallest absolute Gasteiger partial charge is 0.209 e. The maximum absolute atomic E-state index is 9.96. The average molecular weight is 125 g/mol. The van der Waals surface area contributed by atoms with Gasteiger partial charge in [0.25, 0.3) is 0 Å². The number of rotatable bonds is 2. The first-order valence-electron chi connectivity index (χ1n) is 2.46. The molecule has 1 unspecified atom stereocenters. The molecule has 1 atom stereocenters. The van der Waals surface area contributed by atoms with Gasteiger partial charge in [-0.3, -0.25) is 4.79 Å². The summed E-state index contributed by atoms with van der Waals surface area (Å²) in [4.78, 5) is 9.96. The van der Waals surface area contributed by atoms with Crippen molar-refractivity contribution in [1.82, 2.24) is 20.6 Å². The highest BCUT2D eigenvalue weighted by Crippen LogP contribution is 2.01. The van der Waals surface area contributed by atoms with Crippen molar-refractivity contribution in [2.24, 2.45) is 0 Å². The number of H-pyrrole nitrogens is 1. The van der Waals surface area contributed by atoms with E-state index in [2.05, 4.69) is 20.6 Å². The molecule has 9 heavy (non-hydrogen) atoms. The van der Waals surface area contributed by atoms with Gasteiger partial charge in [0.1, 0.15) is 0 Å². The molecule has 0 aliphatic rings. The summed E-state index contributed by atoms with van der Waals surface area (Å²) in [6, 6.07) is 0. The Labute approximate surface area is 51.5 Å². The first-order valence-corrected chi connectivity index (χ1v) is 2.46. The molecule has 0 aromatic carbocycles. The number of aromatic nitrogens is 4. The molecular formula is C4H5N4O. The lowest BCUT2D eigenvalue weighted by molar-refractivity contribution is 0.544. The molecule has 0 fully saturated rings. The van der Waals surface area contributed by atoms with Crippen LogP contribution in [-0.4, -0.2) is 26.9 Å². The van der Waals surface area contributed by atoms with Gasteiger partial charge in [-0.05, 0) is 17.4 Å². The third kappa shape index (κ3) is 1.10. The third-order valence-corrected chi connectivity index (χ3v) is 0.949. The van der Waals surface area contributed by atoms with Crippen LogP contribution in [0.15, 0.2) is 0 Å². The Morgan fingerprint density at radius 3 is 3.00 bits per heavy atom. The number of hydrogen-bond donors (Lipinski definition) is 1. The lowest BCUT2D eigenvalue weighted by Gasteiger charge is -1.89. The molecule has 47 valence electrons. The largest absolute Gasteiger partial charge is 0.290 e. The second-order valence-electron chi connectivity index (χ2n) is 1.63. The Balaban J connectivity index is 2.76. The fraction of sp³-hybridized carbons (Fsp3) is 0.500. The molecule has 1 rings (SSSR count). The molecule has 0 bridgehead atoms. The van der Waals surface area contributed by atoms with Gasteiger partial charge >= 0.3 is 0 Å². The molecule has 0 aliphatic heterocycles. The van der Waals surface area contributed by atoms with Crippen molar-refractivity contribution in [3.8, 4) is 0 Å². The first kappa shape index (κ1) is 5.87. The van der Waals surface area contributed by atoms with E-state index >= 15 is 0 Å². The molecule has 0 aliphatic carbocycles. The Bertz CT molecular complexity index is 182. The number of tetrazole rings is 1. The van der Waals surface area contributed by atoms with Crippen molar-refractivity contribution < 1.29 is 4.79 Å². The van der Waals surface area contributed by atoms with E-state index in [1.54, 1.807) is 13.2 Å². The molecule has 1 heterocycles. The molecule has 5 nitrogen and oxygen atoms in total. The standard InChI is InChI=1S/C4H5N4O/c1-3(2-9)4-5-7-8-6-4/h3H,1H3,(H,5,6,7,8). The molecular weight excluding hydrogens is 120 g/mol. The molecule has 5 heteroatoms. The summed E-state index contributed by atoms with van der Waals surface area (Å²) in [5.41, 5.74) is 0. The van der Waals surface area contributed by atoms with Crippen LogP contribution in [0, 0.1) is 0 Å². The van der Waals surface area contributed by atoms with Crippen LogP contribution in [0.5, 0.6) is 0 Å². The SMILES string of the molecule is CC([C]=O)c1nnn[nH]1. The number of carbonyl (C=O) groups excluding carboxylic acids is 1. The summed E-state index contributed by atoms with van der Waals surface area (Å²) >= 11 is 0. The van der Waals surface area contributed by atoms with Gasteiger partial charge in [-0.1, -0.05) is 0 Å². The Kier molecular flexibility index (Phi) is 1.53. The highest BCUT2D eigenvalue weighted by molar-refractivity contribution is 5.59. The van der Waals surface area contributed by atoms with E-state index in [4.69, 9.17) is 0 Å². The third-order valence-electron chi connectivity index (χ3n) is 0.949. The van der Waals surface area contributed by atoms with Crippen molar-refractivity contribution in [2.75, 3.05) is 0 Å². The van der Waals surface area contributed by atoms with E-state index in [1.165, 1.54) is 0 Å². The molecule has 1 N–H and O–H groups in total. The van der Waals surface area contributed by atoms with Gasteiger partial charge in [-0.2, -0.15) is 0 Å². The minimum atomic E-state index is -0.361. The fourth-order valence-electron chi connectivity index (χ4n) is 0.406. The van der Waals surface area contributed by atoms with Crippen LogP contribution in [0.4, 0.5) is 0 Å². The second-order valence-corrected chi connectivity index (χ2v) is 1.63. The summed E-state index contributed by atoms with van der Waals surface area (Å²) in [5.74, 6) is 0.0880. The van der Waals surface area contributed by atoms with E-state index in [-0.39, 0.29) is 5.92 Å². The topological polar surface area (TPSA) is 71.5 Å². The van der Waals surface area contributed by atoms with Gasteiger partial charge in [0, 0.05) is 0 Å². The average Bonchev–Trinajstić information content (AvgIpc) is 2.37. The Morgan fingerprint density at radius 1 is 1.78 bits per heavy atom. The monoisotopic (exact) mass is 125 g/mol. The van der Waals surface area contributed by atoms with Crippen molar-refractivity contribution in [3.63, 3.8) is 0 Å². The van der Waals surface area contributed by atoms with Crippen molar-refractivity contribution >= 4 is 6.29 Å². The zero-order valence-corrected chi connectivity index (χ0v) is 4.83. The van der Waals surface area contributed by atoms with E-state index < -0.39 is 0 Å². The van der Waals surface area contributed by atoms with Gasteiger partial charge in [-0.25, -0.2) is 5.10 Å². The molecule has 1 aromatic heterocycles. The van der Waals surface area contributed by atoms with Crippen LogP contribution in [0.25, 0.3) is 0 Å². The summed E-state index contributed by atoms with van der Waals surface area (Å²) in [6.45, 7) is 1.66. The fourth-order valence-corrected chi connectivity index (χ4v) is 0.406. The van der Waals surface area contributed by atoms with Crippen LogP contribution in [0.2, 0.25) is 0 Å². The van der Waals surface area contributed by atoms with E-state index in [0.717, 1.165) is 0 Å². The van der Waals surface area contributed by atoms with Crippen LogP contribution in [0.3, 0.4) is 0 Å². The molecule has 0 spiro atoms. The predicted molar refractivity (Wildman–Crippen MR) is 28.3 cm³/mol. The van der Waals surface area contributed by atoms with E-state index in [9.17, 15) is 4.79 Å². The molecule has 0 amide bonds. The van der Waals surface area contributed by atoms with Gasteiger partial charge in [0.05, 0.1) is 5.92 Å². The number of nitrogens with zero attached hydrogens (tertiary/aromatic N) is 3. The highest BCUT2D eigenvalue weighted by Gasteiger charge is 2.06. The minimum Gasteiger partial charge on any atom is -0.290 e. The molecule has 1 radical (unpaired) electrons. The summed E-state index contributed by atoms with van der Waals surface area (Å²) in [6.07, 6.45) is 1.74. The molecule has 1 aromatic rings. The van der Waals surface area contributed by atoms with E-state index in [0.29, 0.717) is 5.82 Å². The van der Waals surface area contributed by atoms with Gasteiger partial charge in [0.2, 0.25) is 6.29 Å². The predicted octanol–water partition coefficient (Wildman–Crippen LogP) is -0.587. The summed E-state index contributed by atoms with van der Waals surface area (Å²) in [5, 5.41) is 12.5. The van der Waals surface area contributed by atoms with Gasteiger partial charge in [0.15, 0.2) is 5.82 Å². The lowest BCUT2D eigenvalue weighted by atomic mass is 10.2.